The smallest absolute Gasteiger partial charge is 0.232 e. The van der Waals surface area contributed by atoms with Gasteiger partial charge in [-0.25, -0.2) is 0 Å². The third-order valence-corrected chi connectivity index (χ3v) is 3.65. The molecule has 100 valence electrons. The molecule has 0 saturated carbocycles. The third-order valence-electron chi connectivity index (χ3n) is 2.66. The lowest BCUT2D eigenvalue weighted by atomic mass is 9.93. The highest BCUT2D eigenvalue weighted by molar-refractivity contribution is 8.00. The van der Waals surface area contributed by atoms with Gasteiger partial charge in [0.15, 0.2) is 0 Å². The van der Waals surface area contributed by atoms with Gasteiger partial charge in [0, 0.05) is 30.9 Å². The zero-order chi connectivity index (χ0) is 13.6. The number of amides is 1. The van der Waals surface area contributed by atoms with Crippen LogP contribution in [0.15, 0.2) is 29.4 Å². The maximum atomic E-state index is 12.0. The molecule has 0 atom stereocenters. The number of carbonyl (C=O) groups excluding carboxylic acids is 1. The molecule has 2 N–H and O–H groups in total. The molecule has 0 saturated heterocycles. The van der Waals surface area contributed by atoms with Crippen LogP contribution in [0.5, 0.6) is 0 Å². The Balaban J connectivity index is 2.41. The minimum absolute atomic E-state index is 0.0360. The monoisotopic (exact) mass is 267 g/mol. The molecular formula is C13H21N3OS. The van der Waals surface area contributed by atoms with Crippen molar-refractivity contribution in [3.8, 4) is 0 Å². The van der Waals surface area contributed by atoms with Crippen molar-refractivity contribution in [1.29, 1.82) is 0 Å². The van der Waals surface area contributed by atoms with E-state index >= 15 is 0 Å². The van der Waals surface area contributed by atoms with Crippen LogP contribution in [0.2, 0.25) is 0 Å². The Kier molecular flexibility index (Phi) is 5.62. The van der Waals surface area contributed by atoms with Crippen LogP contribution in [0.3, 0.4) is 0 Å². The molecule has 0 unspecified atom stereocenters. The van der Waals surface area contributed by atoms with Crippen LogP contribution in [0.4, 0.5) is 0 Å². The zero-order valence-corrected chi connectivity index (χ0v) is 12.0. The van der Waals surface area contributed by atoms with Crippen molar-refractivity contribution in [1.82, 2.24) is 9.88 Å². The Hall–Kier alpha value is -1.07. The first-order valence-electron chi connectivity index (χ1n) is 5.91. The summed E-state index contributed by atoms with van der Waals surface area (Å²) in [5, 5.41) is 0. The summed E-state index contributed by atoms with van der Waals surface area (Å²) in [7, 11) is 1.83. The van der Waals surface area contributed by atoms with E-state index in [0.29, 0.717) is 18.8 Å². The summed E-state index contributed by atoms with van der Waals surface area (Å²) >= 11 is 1.53. The lowest BCUT2D eigenvalue weighted by molar-refractivity contribution is -0.128. The van der Waals surface area contributed by atoms with Crippen molar-refractivity contribution < 1.29 is 4.79 Å². The standard InChI is InChI=1S/C13H21N3OS/c1-13(2,9-14)10-16(3)12(17)8-18-11-4-6-15-7-5-11/h4-7H,8-10,14H2,1-3H3. The summed E-state index contributed by atoms with van der Waals surface area (Å²) in [6.45, 7) is 5.38. The number of nitrogens with two attached hydrogens (primary N) is 1. The first kappa shape index (κ1) is 15.0. The number of hydrogen-bond acceptors (Lipinski definition) is 4. The molecule has 1 amide bonds. The van der Waals surface area contributed by atoms with E-state index in [9.17, 15) is 4.79 Å². The van der Waals surface area contributed by atoms with Crippen molar-refractivity contribution in [2.24, 2.45) is 11.1 Å². The van der Waals surface area contributed by atoms with Crippen LogP contribution in [0.25, 0.3) is 0 Å². The molecule has 0 aromatic carbocycles. The number of pyridine rings is 1. The SMILES string of the molecule is CN(CC(C)(C)CN)C(=O)CSc1ccncc1. The largest absolute Gasteiger partial charge is 0.344 e. The van der Waals surface area contributed by atoms with Crippen molar-refractivity contribution in [3.05, 3.63) is 24.5 Å². The van der Waals surface area contributed by atoms with Crippen LogP contribution in [-0.2, 0) is 4.79 Å². The highest BCUT2D eigenvalue weighted by Crippen LogP contribution is 2.18. The van der Waals surface area contributed by atoms with Crippen LogP contribution in [0, 0.1) is 5.41 Å². The predicted octanol–water partition coefficient (Wildman–Crippen LogP) is 1.62. The average Bonchev–Trinajstić information content (AvgIpc) is 2.36. The van der Waals surface area contributed by atoms with Gasteiger partial charge in [0.25, 0.3) is 0 Å². The quantitative estimate of drug-likeness (QED) is 0.796. The average molecular weight is 267 g/mol. The van der Waals surface area contributed by atoms with Gasteiger partial charge in [0.1, 0.15) is 0 Å². The van der Waals surface area contributed by atoms with Crippen molar-refractivity contribution in [2.45, 2.75) is 18.7 Å². The summed E-state index contributed by atoms with van der Waals surface area (Å²) in [6, 6.07) is 3.81. The van der Waals surface area contributed by atoms with E-state index in [-0.39, 0.29) is 11.3 Å². The molecule has 5 heteroatoms. The molecule has 18 heavy (non-hydrogen) atoms. The number of carbonyl (C=O) groups is 1. The Bertz CT molecular complexity index is 381. The van der Waals surface area contributed by atoms with Gasteiger partial charge >= 0.3 is 0 Å². The van der Waals surface area contributed by atoms with Crippen LogP contribution < -0.4 is 5.73 Å². The summed E-state index contributed by atoms with van der Waals surface area (Å²) in [5.74, 6) is 0.569. The summed E-state index contributed by atoms with van der Waals surface area (Å²) < 4.78 is 0. The fourth-order valence-electron chi connectivity index (χ4n) is 1.48. The lowest BCUT2D eigenvalue weighted by Gasteiger charge is -2.29. The first-order chi connectivity index (χ1) is 8.44. The summed E-state index contributed by atoms with van der Waals surface area (Å²) in [5.41, 5.74) is 5.63. The number of hydrogen-bond donors (Lipinski definition) is 1. The molecule has 0 aliphatic heterocycles. The molecule has 0 fully saturated rings. The van der Waals surface area contributed by atoms with E-state index < -0.39 is 0 Å². The molecule has 0 aliphatic rings. The number of rotatable bonds is 6. The van der Waals surface area contributed by atoms with Gasteiger partial charge in [-0.15, -0.1) is 11.8 Å². The van der Waals surface area contributed by atoms with E-state index in [1.54, 1.807) is 17.3 Å². The van der Waals surface area contributed by atoms with Crippen molar-refractivity contribution >= 4 is 17.7 Å². The number of nitrogens with zero attached hydrogens (tertiary/aromatic N) is 2. The van der Waals surface area contributed by atoms with E-state index in [1.807, 2.05) is 19.2 Å². The molecular weight excluding hydrogens is 246 g/mol. The van der Waals surface area contributed by atoms with Crippen molar-refractivity contribution in [2.75, 3.05) is 25.9 Å². The molecule has 0 radical (unpaired) electrons. The van der Waals surface area contributed by atoms with E-state index in [2.05, 4.69) is 18.8 Å². The molecule has 0 aliphatic carbocycles. The van der Waals surface area contributed by atoms with Crippen LogP contribution in [-0.4, -0.2) is 41.7 Å². The Morgan fingerprint density at radius 1 is 1.44 bits per heavy atom. The second kappa shape index (κ2) is 6.75. The summed E-state index contributed by atoms with van der Waals surface area (Å²) in [4.78, 5) is 18.7. The fourth-order valence-corrected chi connectivity index (χ4v) is 2.31. The maximum Gasteiger partial charge on any atom is 0.232 e. The lowest BCUT2D eigenvalue weighted by Crippen LogP contribution is -2.40. The first-order valence-corrected chi connectivity index (χ1v) is 6.90. The highest BCUT2D eigenvalue weighted by atomic mass is 32.2. The molecule has 1 aromatic heterocycles. The van der Waals surface area contributed by atoms with E-state index in [1.165, 1.54) is 11.8 Å². The predicted molar refractivity (Wildman–Crippen MR) is 75.4 cm³/mol. The minimum atomic E-state index is -0.0360. The second-order valence-electron chi connectivity index (χ2n) is 5.09. The fraction of sp³-hybridized carbons (Fsp3) is 0.538. The molecule has 0 bridgehead atoms. The second-order valence-corrected chi connectivity index (χ2v) is 6.14. The number of aromatic nitrogens is 1. The minimum Gasteiger partial charge on any atom is -0.344 e. The van der Waals surface area contributed by atoms with Gasteiger partial charge in [-0.3, -0.25) is 9.78 Å². The topological polar surface area (TPSA) is 59.2 Å². The van der Waals surface area contributed by atoms with Crippen molar-refractivity contribution in [3.63, 3.8) is 0 Å². The van der Waals surface area contributed by atoms with Gasteiger partial charge < -0.3 is 10.6 Å². The van der Waals surface area contributed by atoms with Gasteiger partial charge in [-0.05, 0) is 24.1 Å². The molecule has 0 spiro atoms. The normalized spacial score (nSPS) is 11.3. The van der Waals surface area contributed by atoms with Crippen LogP contribution in [0.1, 0.15) is 13.8 Å². The van der Waals surface area contributed by atoms with Gasteiger partial charge in [0.2, 0.25) is 5.91 Å². The summed E-state index contributed by atoms with van der Waals surface area (Å²) in [6.07, 6.45) is 3.46. The Morgan fingerprint density at radius 3 is 2.61 bits per heavy atom. The van der Waals surface area contributed by atoms with Gasteiger partial charge in [-0.2, -0.15) is 0 Å². The Labute approximate surface area is 113 Å². The maximum absolute atomic E-state index is 12.0. The Morgan fingerprint density at radius 2 is 2.06 bits per heavy atom. The molecule has 1 aromatic rings. The highest BCUT2D eigenvalue weighted by Gasteiger charge is 2.20. The zero-order valence-electron chi connectivity index (χ0n) is 11.2. The molecule has 1 rings (SSSR count). The van der Waals surface area contributed by atoms with Crippen LogP contribution >= 0.6 is 11.8 Å². The third kappa shape index (κ3) is 5.06. The van der Waals surface area contributed by atoms with Gasteiger partial charge in [-0.1, -0.05) is 13.8 Å². The molecule has 4 nitrogen and oxygen atoms in total. The van der Waals surface area contributed by atoms with Gasteiger partial charge in [0.05, 0.1) is 5.75 Å². The number of thioether (sulfide) groups is 1. The van der Waals surface area contributed by atoms with E-state index in [4.69, 9.17) is 5.73 Å². The molecule has 1 heterocycles. The van der Waals surface area contributed by atoms with E-state index in [0.717, 1.165) is 4.90 Å².